The number of nitrogens with one attached hydrogen (secondary N) is 1. The van der Waals surface area contributed by atoms with Gasteiger partial charge in [0.2, 0.25) is 0 Å². The van der Waals surface area contributed by atoms with Crippen LogP contribution in [0.3, 0.4) is 0 Å². The summed E-state index contributed by atoms with van der Waals surface area (Å²) in [5.74, 6) is -1.14. The Morgan fingerprint density at radius 3 is 2.89 bits per heavy atom. The van der Waals surface area contributed by atoms with Crippen molar-refractivity contribution in [3.05, 3.63) is 52.9 Å². The molecular weight excluding hydrogens is 257 g/mol. The molecule has 2 rings (SSSR count). The van der Waals surface area contributed by atoms with Gasteiger partial charge in [0.1, 0.15) is 5.82 Å². The molecule has 0 aliphatic carbocycles. The monoisotopic (exact) mass is 265 g/mol. The fraction of sp³-hybridized carbons (Fsp3) is 0. The summed E-state index contributed by atoms with van der Waals surface area (Å²) < 4.78 is 13.5. The van der Waals surface area contributed by atoms with Gasteiger partial charge in [-0.1, -0.05) is 11.6 Å². The van der Waals surface area contributed by atoms with Crippen LogP contribution in [-0.4, -0.2) is 10.9 Å². The van der Waals surface area contributed by atoms with E-state index in [4.69, 9.17) is 17.3 Å². The van der Waals surface area contributed by atoms with E-state index in [2.05, 4.69) is 10.3 Å². The third-order valence-electron chi connectivity index (χ3n) is 2.23. The van der Waals surface area contributed by atoms with Crippen molar-refractivity contribution in [3.63, 3.8) is 0 Å². The highest BCUT2D eigenvalue weighted by Crippen LogP contribution is 2.19. The molecule has 0 spiro atoms. The first kappa shape index (κ1) is 12.3. The predicted octanol–water partition coefficient (Wildman–Crippen LogP) is 2.71. The van der Waals surface area contributed by atoms with Crippen molar-refractivity contribution >= 4 is 29.0 Å². The van der Waals surface area contributed by atoms with Gasteiger partial charge < -0.3 is 11.1 Å². The normalized spacial score (nSPS) is 10.1. The molecule has 92 valence electrons. The molecule has 0 radical (unpaired) electrons. The number of nitrogens with zero attached hydrogens (tertiary/aromatic N) is 1. The lowest BCUT2D eigenvalue weighted by Gasteiger charge is -2.07. The maximum absolute atomic E-state index is 13.5. The Morgan fingerprint density at radius 1 is 1.39 bits per heavy atom. The highest BCUT2D eigenvalue weighted by atomic mass is 35.5. The molecular formula is C12H9ClFN3O. The summed E-state index contributed by atoms with van der Waals surface area (Å²) >= 11 is 5.83. The number of nitrogens with two attached hydrogens (primary N) is 1. The lowest BCUT2D eigenvalue weighted by atomic mass is 10.2. The van der Waals surface area contributed by atoms with E-state index in [1.165, 1.54) is 18.3 Å². The van der Waals surface area contributed by atoms with Gasteiger partial charge in [0.15, 0.2) is 5.82 Å². The topological polar surface area (TPSA) is 68.0 Å². The molecule has 1 amide bonds. The number of halogens is 2. The molecule has 0 saturated heterocycles. The zero-order valence-electron chi connectivity index (χ0n) is 9.15. The third kappa shape index (κ3) is 2.57. The molecule has 0 fully saturated rings. The summed E-state index contributed by atoms with van der Waals surface area (Å²) in [7, 11) is 0. The number of nitrogen functional groups attached to an aromatic ring is 1. The van der Waals surface area contributed by atoms with Crippen molar-refractivity contribution in [1.82, 2.24) is 4.98 Å². The van der Waals surface area contributed by atoms with E-state index in [-0.39, 0.29) is 16.4 Å². The second-order valence-corrected chi connectivity index (χ2v) is 3.93. The molecule has 6 heteroatoms. The molecule has 0 aliphatic rings. The second-order valence-electron chi connectivity index (χ2n) is 3.53. The number of benzene rings is 1. The molecule has 4 nitrogen and oxygen atoms in total. The average Bonchev–Trinajstić information content (AvgIpc) is 2.35. The van der Waals surface area contributed by atoms with Gasteiger partial charge in [-0.2, -0.15) is 0 Å². The first-order valence-corrected chi connectivity index (χ1v) is 5.42. The number of hydrogen-bond donors (Lipinski definition) is 2. The zero-order valence-corrected chi connectivity index (χ0v) is 9.91. The van der Waals surface area contributed by atoms with Gasteiger partial charge in [-0.05, 0) is 30.3 Å². The van der Waals surface area contributed by atoms with Crippen LogP contribution >= 0.6 is 11.6 Å². The van der Waals surface area contributed by atoms with Crippen LogP contribution in [0.4, 0.5) is 15.9 Å². The van der Waals surface area contributed by atoms with Crippen LogP contribution in [0.5, 0.6) is 0 Å². The molecule has 1 aromatic carbocycles. The quantitative estimate of drug-likeness (QED) is 0.821. The smallest absolute Gasteiger partial charge is 0.259 e. The standard InChI is InChI=1S/C12H9ClFN3O/c13-9-2-1-5-16-11(9)17-12(18)8-6-7(15)3-4-10(8)14/h1-6H,15H2,(H,16,17,18). The summed E-state index contributed by atoms with van der Waals surface area (Å²) in [6.07, 6.45) is 1.47. The van der Waals surface area contributed by atoms with Crippen molar-refractivity contribution in [2.75, 3.05) is 11.1 Å². The lowest BCUT2D eigenvalue weighted by molar-refractivity contribution is 0.102. The van der Waals surface area contributed by atoms with Gasteiger partial charge in [0.25, 0.3) is 5.91 Å². The fourth-order valence-electron chi connectivity index (χ4n) is 1.37. The Balaban J connectivity index is 2.28. The van der Waals surface area contributed by atoms with Crippen molar-refractivity contribution in [2.45, 2.75) is 0 Å². The number of carbonyl (C=O) groups excluding carboxylic acids is 1. The minimum Gasteiger partial charge on any atom is -0.399 e. The van der Waals surface area contributed by atoms with Crippen molar-refractivity contribution in [2.24, 2.45) is 0 Å². The molecule has 0 saturated carbocycles. The van der Waals surface area contributed by atoms with Crippen molar-refractivity contribution in [3.8, 4) is 0 Å². The number of anilines is 2. The molecule has 0 bridgehead atoms. The Kier molecular flexibility index (Phi) is 3.43. The van der Waals surface area contributed by atoms with E-state index < -0.39 is 11.7 Å². The van der Waals surface area contributed by atoms with Gasteiger partial charge >= 0.3 is 0 Å². The number of aromatic nitrogens is 1. The van der Waals surface area contributed by atoms with Gasteiger partial charge in [0.05, 0.1) is 10.6 Å². The largest absolute Gasteiger partial charge is 0.399 e. The fourth-order valence-corrected chi connectivity index (χ4v) is 1.54. The number of rotatable bonds is 2. The zero-order chi connectivity index (χ0) is 13.1. The Hall–Kier alpha value is -2.14. The van der Waals surface area contributed by atoms with Gasteiger partial charge in [0, 0.05) is 11.9 Å². The van der Waals surface area contributed by atoms with Crippen LogP contribution in [0.25, 0.3) is 0 Å². The number of pyridine rings is 1. The maximum Gasteiger partial charge on any atom is 0.259 e. The first-order chi connectivity index (χ1) is 8.58. The SMILES string of the molecule is Nc1ccc(F)c(C(=O)Nc2ncccc2Cl)c1. The van der Waals surface area contributed by atoms with E-state index in [0.717, 1.165) is 6.07 Å². The second kappa shape index (κ2) is 5.01. The van der Waals surface area contributed by atoms with Gasteiger partial charge in [-0.15, -0.1) is 0 Å². The van der Waals surface area contributed by atoms with Crippen LogP contribution in [0.15, 0.2) is 36.5 Å². The minimum absolute atomic E-state index is 0.156. The molecule has 0 aliphatic heterocycles. The summed E-state index contributed by atoms with van der Waals surface area (Å²) in [5, 5.41) is 2.69. The summed E-state index contributed by atoms with van der Waals surface area (Å²) in [5.41, 5.74) is 5.64. The minimum atomic E-state index is -0.659. The number of amides is 1. The van der Waals surface area contributed by atoms with Crippen molar-refractivity contribution in [1.29, 1.82) is 0 Å². The average molecular weight is 266 g/mol. The lowest BCUT2D eigenvalue weighted by Crippen LogP contribution is -2.15. The molecule has 1 heterocycles. The Bertz CT molecular complexity index is 604. The van der Waals surface area contributed by atoms with E-state index in [9.17, 15) is 9.18 Å². The Morgan fingerprint density at radius 2 is 2.17 bits per heavy atom. The number of hydrogen-bond acceptors (Lipinski definition) is 3. The summed E-state index contributed by atoms with van der Waals surface area (Å²) in [4.78, 5) is 15.7. The maximum atomic E-state index is 13.5. The van der Waals surface area contributed by atoms with E-state index in [0.29, 0.717) is 5.69 Å². The molecule has 1 aromatic heterocycles. The van der Waals surface area contributed by atoms with Gasteiger partial charge in [-0.3, -0.25) is 4.79 Å². The molecule has 0 atom stereocenters. The van der Waals surface area contributed by atoms with Crippen molar-refractivity contribution < 1.29 is 9.18 Å². The third-order valence-corrected chi connectivity index (χ3v) is 2.53. The summed E-state index contributed by atoms with van der Waals surface area (Å²) in [6, 6.07) is 6.95. The van der Waals surface area contributed by atoms with Crippen LogP contribution in [0.1, 0.15) is 10.4 Å². The van der Waals surface area contributed by atoms with E-state index in [1.807, 2.05) is 0 Å². The van der Waals surface area contributed by atoms with Gasteiger partial charge in [-0.25, -0.2) is 9.37 Å². The van der Waals surface area contributed by atoms with Crippen LogP contribution in [0, 0.1) is 5.82 Å². The molecule has 2 aromatic rings. The van der Waals surface area contributed by atoms with Crippen LogP contribution in [-0.2, 0) is 0 Å². The van der Waals surface area contributed by atoms with Crippen LogP contribution in [0.2, 0.25) is 5.02 Å². The van der Waals surface area contributed by atoms with E-state index >= 15 is 0 Å². The van der Waals surface area contributed by atoms with Crippen LogP contribution < -0.4 is 11.1 Å². The highest BCUT2D eigenvalue weighted by molar-refractivity contribution is 6.33. The predicted molar refractivity (Wildman–Crippen MR) is 68.0 cm³/mol. The molecule has 0 unspecified atom stereocenters. The molecule has 18 heavy (non-hydrogen) atoms. The van der Waals surface area contributed by atoms with E-state index in [1.54, 1.807) is 12.1 Å². The first-order valence-electron chi connectivity index (χ1n) is 5.05. The Labute approximate surface area is 108 Å². The summed E-state index contributed by atoms with van der Waals surface area (Å²) in [6.45, 7) is 0. The number of carbonyl (C=O) groups is 1. The molecule has 3 N–H and O–H groups in total. The highest BCUT2D eigenvalue weighted by Gasteiger charge is 2.13.